The molecule has 0 bridgehead atoms. The molecule has 0 amide bonds. The molecule has 2 heterocycles. The lowest BCUT2D eigenvalue weighted by Gasteiger charge is -2.07. The number of carboxylic acids is 1. The Kier molecular flexibility index (Phi) is 4.02. The van der Waals surface area contributed by atoms with Crippen LogP contribution >= 0.6 is 0 Å². The molecule has 108 valence electrons. The summed E-state index contributed by atoms with van der Waals surface area (Å²) in [5.41, 5.74) is 0.468. The average molecular weight is 290 g/mol. The summed E-state index contributed by atoms with van der Waals surface area (Å²) in [6, 6.07) is 2.96. The highest BCUT2D eigenvalue weighted by Crippen LogP contribution is 2.25. The Labute approximate surface area is 118 Å². The Hall–Kier alpha value is -3.10. The molecule has 0 aliphatic carbocycles. The van der Waals surface area contributed by atoms with Crippen molar-refractivity contribution in [3.63, 3.8) is 0 Å². The van der Waals surface area contributed by atoms with Crippen molar-refractivity contribution in [1.82, 2.24) is 15.0 Å². The number of nitrogens with zero attached hydrogens (tertiary/aromatic N) is 4. The van der Waals surface area contributed by atoms with Gasteiger partial charge >= 0.3 is 11.8 Å². The van der Waals surface area contributed by atoms with Crippen LogP contribution in [0.5, 0.6) is 5.75 Å². The van der Waals surface area contributed by atoms with Gasteiger partial charge in [-0.05, 0) is 22.0 Å². The fraction of sp³-hybridized carbons (Fsp3) is 0.167. The molecular weight excluding hydrogens is 280 g/mol. The average Bonchev–Trinajstić information content (AvgIpc) is 2.46. The van der Waals surface area contributed by atoms with Crippen molar-refractivity contribution in [2.45, 2.75) is 13.5 Å². The molecule has 0 unspecified atom stereocenters. The van der Waals surface area contributed by atoms with Crippen molar-refractivity contribution in [2.75, 3.05) is 0 Å². The Bertz CT molecular complexity index is 704. The number of pyridine rings is 1. The first-order valence-electron chi connectivity index (χ1n) is 5.76. The van der Waals surface area contributed by atoms with Crippen molar-refractivity contribution < 1.29 is 19.6 Å². The number of hydrogen-bond donors (Lipinski definition) is 1. The number of aryl methyl sites for hydroxylation is 1. The Morgan fingerprint density at radius 2 is 2.24 bits per heavy atom. The topological polar surface area (TPSA) is 128 Å². The van der Waals surface area contributed by atoms with E-state index in [1.165, 1.54) is 12.4 Å². The van der Waals surface area contributed by atoms with Gasteiger partial charge < -0.3 is 20.0 Å². The van der Waals surface area contributed by atoms with E-state index in [0.29, 0.717) is 5.69 Å². The smallest absolute Gasteiger partial charge is 0.406 e. The zero-order chi connectivity index (χ0) is 15.4. The molecule has 0 radical (unpaired) electrons. The van der Waals surface area contributed by atoms with Gasteiger partial charge in [-0.3, -0.25) is 0 Å². The quantitative estimate of drug-likeness (QED) is 0.645. The number of carbonyl (C=O) groups is 1. The Balaban J connectivity index is 2.25. The Morgan fingerprint density at radius 3 is 2.90 bits per heavy atom. The van der Waals surface area contributed by atoms with Crippen molar-refractivity contribution in [2.24, 2.45) is 0 Å². The molecule has 2 aromatic heterocycles. The number of nitro groups is 1. The van der Waals surface area contributed by atoms with Crippen LogP contribution < -0.4 is 4.74 Å². The van der Waals surface area contributed by atoms with Gasteiger partial charge in [0.1, 0.15) is 24.2 Å². The summed E-state index contributed by atoms with van der Waals surface area (Å²) in [5.74, 6) is -1.69. The van der Waals surface area contributed by atoms with Crippen molar-refractivity contribution in [3.05, 3.63) is 51.7 Å². The van der Waals surface area contributed by atoms with Gasteiger partial charge in [-0.15, -0.1) is 0 Å². The molecule has 9 nitrogen and oxygen atoms in total. The van der Waals surface area contributed by atoms with Crippen LogP contribution in [0.3, 0.4) is 0 Å². The van der Waals surface area contributed by atoms with E-state index in [9.17, 15) is 14.9 Å². The maximum absolute atomic E-state index is 11.0. The van der Waals surface area contributed by atoms with Crippen LogP contribution in [0.2, 0.25) is 0 Å². The molecule has 0 saturated carbocycles. The lowest BCUT2D eigenvalue weighted by molar-refractivity contribution is -0.390. The highest BCUT2D eigenvalue weighted by Gasteiger charge is 2.19. The van der Waals surface area contributed by atoms with Crippen LogP contribution in [-0.4, -0.2) is 31.0 Å². The summed E-state index contributed by atoms with van der Waals surface area (Å²) in [5, 5.41) is 19.9. The zero-order valence-electron chi connectivity index (χ0n) is 10.9. The van der Waals surface area contributed by atoms with Crippen LogP contribution in [-0.2, 0) is 6.61 Å². The van der Waals surface area contributed by atoms with Gasteiger partial charge in [0.05, 0.1) is 5.69 Å². The second kappa shape index (κ2) is 5.90. The summed E-state index contributed by atoms with van der Waals surface area (Å²) in [6.07, 6.45) is 2.31. The first-order valence-corrected chi connectivity index (χ1v) is 5.76. The van der Waals surface area contributed by atoms with Gasteiger partial charge in [-0.2, -0.15) is 0 Å². The summed E-state index contributed by atoms with van der Waals surface area (Å²) < 4.78 is 5.27. The first kappa shape index (κ1) is 14.3. The summed E-state index contributed by atoms with van der Waals surface area (Å²) in [7, 11) is 0. The maximum atomic E-state index is 11.0. The van der Waals surface area contributed by atoms with Crippen LogP contribution in [0.15, 0.2) is 24.7 Å². The third-order valence-electron chi connectivity index (χ3n) is 2.54. The summed E-state index contributed by atoms with van der Waals surface area (Å²) in [6.45, 7) is 1.37. The molecule has 0 aliphatic rings. The van der Waals surface area contributed by atoms with E-state index >= 15 is 0 Å². The van der Waals surface area contributed by atoms with Crippen LogP contribution in [0.4, 0.5) is 5.82 Å². The minimum absolute atomic E-state index is 0.0550. The van der Waals surface area contributed by atoms with Gasteiger partial charge in [0.2, 0.25) is 5.75 Å². The van der Waals surface area contributed by atoms with E-state index in [0.717, 1.165) is 6.20 Å². The second-order valence-corrected chi connectivity index (χ2v) is 4.01. The molecule has 2 rings (SSSR count). The molecule has 2 aromatic rings. The van der Waals surface area contributed by atoms with Gasteiger partial charge in [0, 0.05) is 13.1 Å². The fourth-order valence-corrected chi connectivity index (χ4v) is 1.57. The number of rotatable bonds is 5. The number of ether oxygens (including phenoxy) is 1. The molecule has 0 aromatic carbocycles. The lowest BCUT2D eigenvalue weighted by atomic mass is 10.2. The third-order valence-corrected chi connectivity index (χ3v) is 2.54. The van der Waals surface area contributed by atoms with Gasteiger partial charge in [-0.25, -0.2) is 14.8 Å². The minimum Gasteiger partial charge on any atom is -0.479 e. The largest absolute Gasteiger partial charge is 0.479 e. The van der Waals surface area contributed by atoms with Crippen molar-refractivity contribution >= 4 is 11.8 Å². The monoisotopic (exact) mass is 290 g/mol. The SMILES string of the molecule is Cc1ccc(OCc2ncncc2C(=O)O)c([N+](=O)[O-])n1. The molecule has 0 spiro atoms. The highest BCUT2D eigenvalue weighted by atomic mass is 16.6. The van der Waals surface area contributed by atoms with E-state index in [1.807, 2.05) is 0 Å². The molecule has 0 saturated heterocycles. The van der Waals surface area contributed by atoms with E-state index in [-0.39, 0.29) is 23.6 Å². The standard InChI is InChI=1S/C12H10N4O5/c1-7-2-3-10(11(15-7)16(19)20)21-5-9-8(12(17)18)4-13-6-14-9/h2-4,6H,5H2,1H3,(H,17,18). The van der Waals surface area contributed by atoms with E-state index in [2.05, 4.69) is 15.0 Å². The number of aromatic carboxylic acids is 1. The predicted molar refractivity (Wildman–Crippen MR) is 69.0 cm³/mol. The van der Waals surface area contributed by atoms with Crippen molar-refractivity contribution in [1.29, 1.82) is 0 Å². The second-order valence-electron chi connectivity index (χ2n) is 4.01. The van der Waals surface area contributed by atoms with E-state index in [4.69, 9.17) is 9.84 Å². The molecular formula is C12H10N4O5. The normalized spacial score (nSPS) is 10.1. The third kappa shape index (κ3) is 3.26. The van der Waals surface area contributed by atoms with Crippen LogP contribution in [0, 0.1) is 17.0 Å². The number of carboxylic acid groups (broad SMARTS) is 1. The molecule has 1 N–H and O–H groups in total. The van der Waals surface area contributed by atoms with Crippen molar-refractivity contribution in [3.8, 4) is 5.75 Å². The minimum atomic E-state index is -1.20. The van der Waals surface area contributed by atoms with Crippen LogP contribution in [0.1, 0.15) is 21.7 Å². The Morgan fingerprint density at radius 1 is 1.48 bits per heavy atom. The predicted octanol–water partition coefficient (Wildman–Crippen LogP) is 1.37. The van der Waals surface area contributed by atoms with E-state index < -0.39 is 16.7 Å². The van der Waals surface area contributed by atoms with Gasteiger partial charge in [-0.1, -0.05) is 0 Å². The lowest BCUT2D eigenvalue weighted by Crippen LogP contribution is -2.09. The number of hydrogen-bond acceptors (Lipinski definition) is 7. The van der Waals surface area contributed by atoms with Gasteiger partial charge in [0.15, 0.2) is 0 Å². The number of aromatic nitrogens is 3. The first-order chi connectivity index (χ1) is 9.99. The molecule has 0 atom stereocenters. The molecule has 0 aliphatic heterocycles. The fourth-order valence-electron chi connectivity index (χ4n) is 1.57. The molecule has 9 heteroatoms. The zero-order valence-corrected chi connectivity index (χ0v) is 10.9. The van der Waals surface area contributed by atoms with Crippen LogP contribution in [0.25, 0.3) is 0 Å². The highest BCUT2D eigenvalue weighted by molar-refractivity contribution is 5.88. The summed E-state index contributed by atoms with van der Waals surface area (Å²) >= 11 is 0. The van der Waals surface area contributed by atoms with Gasteiger partial charge in [0.25, 0.3) is 0 Å². The maximum Gasteiger partial charge on any atom is 0.406 e. The van der Waals surface area contributed by atoms with E-state index in [1.54, 1.807) is 13.0 Å². The molecule has 0 fully saturated rings. The summed E-state index contributed by atoms with van der Waals surface area (Å²) in [4.78, 5) is 32.4. The molecule has 21 heavy (non-hydrogen) atoms.